The van der Waals surface area contributed by atoms with Crippen LogP contribution in [0, 0.1) is 11.3 Å². The molecule has 4 N–H and O–H groups in total. The van der Waals surface area contributed by atoms with Gasteiger partial charge in [0.1, 0.15) is 5.41 Å². The van der Waals surface area contributed by atoms with Gasteiger partial charge in [-0.1, -0.05) is 44.2 Å². The molecule has 0 saturated heterocycles. The average molecular weight is 545 g/mol. The summed E-state index contributed by atoms with van der Waals surface area (Å²) in [6, 6.07) is 13.2. The number of aromatic nitrogens is 1. The summed E-state index contributed by atoms with van der Waals surface area (Å²) in [5, 5.41) is 14.1. The van der Waals surface area contributed by atoms with E-state index in [1.165, 1.54) is 21.7 Å². The Hall–Kier alpha value is -2.86. The molecule has 2 atom stereocenters. The number of benzene rings is 2. The molecule has 0 radical (unpaired) electrons. The van der Waals surface area contributed by atoms with Crippen molar-refractivity contribution in [2.45, 2.75) is 50.2 Å². The Balaban J connectivity index is 1.60. The van der Waals surface area contributed by atoms with Crippen molar-refractivity contribution in [1.29, 1.82) is 0 Å². The number of fused-ring (bicyclic) bond motifs is 1. The first-order chi connectivity index (χ1) is 17.5. The van der Waals surface area contributed by atoms with Gasteiger partial charge in [-0.25, -0.2) is 13.4 Å². The van der Waals surface area contributed by atoms with Gasteiger partial charge in [0.25, 0.3) is 0 Å². The summed E-state index contributed by atoms with van der Waals surface area (Å²) >= 11 is 1.35. The molecule has 0 aliphatic heterocycles. The van der Waals surface area contributed by atoms with Crippen LogP contribution >= 0.6 is 11.3 Å². The van der Waals surface area contributed by atoms with Gasteiger partial charge in [0.05, 0.1) is 32.8 Å². The van der Waals surface area contributed by atoms with E-state index in [1.807, 2.05) is 44.2 Å². The second-order valence-electron chi connectivity index (χ2n) is 9.98. The topological polar surface area (TPSA) is 143 Å². The van der Waals surface area contributed by atoms with Gasteiger partial charge in [-0.15, -0.1) is 11.3 Å². The maximum Gasteiger partial charge on any atom is 0.243 e. The first kappa shape index (κ1) is 27.2. The number of aliphatic hydroxyl groups excluding tert-OH is 1. The molecule has 11 heteroatoms. The lowest BCUT2D eigenvalue weighted by molar-refractivity contribution is -0.136. The van der Waals surface area contributed by atoms with Crippen LogP contribution in [0.1, 0.15) is 32.3 Å². The lowest BCUT2D eigenvalue weighted by Gasteiger charge is -2.31. The van der Waals surface area contributed by atoms with Gasteiger partial charge >= 0.3 is 0 Å². The third-order valence-electron chi connectivity index (χ3n) is 6.64. The zero-order valence-electron chi connectivity index (χ0n) is 20.8. The van der Waals surface area contributed by atoms with Crippen molar-refractivity contribution in [3.63, 3.8) is 0 Å². The van der Waals surface area contributed by atoms with Gasteiger partial charge in [0.2, 0.25) is 21.8 Å². The smallest absolute Gasteiger partial charge is 0.243 e. The molecule has 1 aliphatic carbocycles. The number of carbonyl (C=O) groups excluding carboxylic acids is 2. The molecule has 3 aromatic rings. The first-order valence-electron chi connectivity index (χ1n) is 12.2. The molecule has 0 bridgehead atoms. The SMILES string of the molecule is CC(C)CN(C[C@@H](O)[C@H](Cc1ccccc1)NC(=O)C1(C(N)=O)CC1)S(=O)(=O)c1ccc2ncsc2c1. The van der Waals surface area contributed by atoms with Crippen LogP contribution < -0.4 is 11.1 Å². The molecule has 1 saturated carbocycles. The van der Waals surface area contributed by atoms with Crippen LogP contribution in [0.2, 0.25) is 0 Å². The van der Waals surface area contributed by atoms with E-state index in [-0.39, 0.29) is 30.3 Å². The van der Waals surface area contributed by atoms with Crippen LogP contribution in [0.15, 0.2) is 58.9 Å². The summed E-state index contributed by atoms with van der Waals surface area (Å²) in [4.78, 5) is 29.2. The monoisotopic (exact) mass is 544 g/mol. The molecular formula is C26H32N4O5S2. The number of carbonyl (C=O) groups is 2. The third kappa shape index (κ3) is 6.01. The quantitative estimate of drug-likeness (QED) is 0.299. The van der Waals surface area contributed by atoms with Crippen molar-refractivity contribution < 1.29 is 23.1 Å². The number of nitrogens with one attached hydrogen (secondary N) is 1. The number of thiazole rings is 1. The molecule has 9 nitrogen and oxygen atoms in total. The number of sulfonamides is 1. The molecule has 1 heterocycles. The molecule has 2 aromatic carbocycles. The number of rotatable bonds is 12. The predicted octanol–water partition coefficient (Wildman–Crippen LogP) is 2.30. The Morgan fingerprint density at radius 3 is 2.49 bits per heavy atom. The second-order valence-corrected chi connectivity index (χ2v) is 12.8. The van der Waals surface area contributed by atoms with E-state index in [1.54, 1.807) is 17.6 Å². The fourth-order valence-corrected chi connectivity index (χ4v) is 6.77. The van der Waals surface area contributed by atoms with E-state index in [0.717, 1.165) is 10.3 Å². The van der Waals surface area contributed by atoms with Crippen LogP contribution in [0.3, 0.4) is 0 Å². The molecule has 1 aromatic heterocycles. The van der Waals surface area contributed by atoms with E-state index in [4.69, 9.17) is 5.73 Å². The van der Waals surface area contributed by atoms with E-state index < -0.39 is 39.4 Å². The van der Waals surface area contributed by atoms with E-state index in [9.17, 15) is 23.1 Å². The van der Waals surface area contributed by atoms with E-state index in [2.05, 4.69) is 10.3 Å². The van der Waals surface area contributed by atoms with Gasteiger partial charge in [-0.2, -0.15) is 4.31 Å². The Kier molecular flexibility index (Phi) is 7.98. The number of aliphatic hydroxyl groups is 1. The van der Waals surface area contributed by atoms with Crippen LogP contribution in [0.5, 0.6) is 0 Å². The number of hydrogen-bond donors (Lipinski definition) is 3. The molecule has 37 heavy (non-hydrogen) atoms. The first-order valence-corrected chi connectivity index (χ1v) is 14.5. The Morgan fingerprint density at radius 1 is 1.16 bits per heavy atom. The van der Waals surface area contributed by atoms with Gasteiger partial charge < -0.3 is 16.2 Å². The maximum absolute atomic E-state index is 13.7. The lowest BCUT2D eigenvalue weighted by Crippen LogP contribution is -2.53. The zero-order chi connectivity index (χ0) is 26.8. The number of nitrogens with two attached hydrogens (primary N) is 1. The van der Waals surface area contributed by atoms with Crippen molar-refractivity contribution in [3.8, 4) is 0 Å². The molecule has 0 spiro atoms. The minimum Gasteiger partial charge on any atom is -0.390 e. The summed E-state index contributed by atoms with van der Waals surface area (Å²) in [5.41, 5.74) is 7.44. The Morgan fingerprint density at radius 2 is 1.86 bits per heavy atom. The van der Waals surface area contributed by atoms with Crippen LogP contribution in [-0.4, -0.2) is 59.9 Å². The number of primary amides is 1. The highest BCUT2D eigenvalue weighted by Crippen LogP contribution is 2.45. The normalized spacial score (nSPS) is 16.6. The summed E-state index contributed by atoms with van der Waals surface area (Å²) in [7, 11) is -3.96. The second kappa shape index (κ2) is 10.9. The zero-order valence-corrected chi connectivity index (χ0v) is 22.5. The fraction of sp³-hybridized carbons (Fsp3) is 0.423. The minimum absolute atomic E-state index is 0.0131. The van der Waals surface area contributed by atoms with Crippen LogP contribution in [0.4, 0.5) is 0 Å². The summed E-state index contributed by atoms with van der Waals surface area (Å²) in [5.74, 6) is -1.24. The van der Waals surface area contributed by atoms with Crippen molar-refractivity contribution in [2.24, 2.45) is 17.1 Å². The van der Waals surface area contributed by atoms with Crippen molar-refractivity contribution in [1.82, 2.24) is 14.6 Å². The molecule has 0 unspecified atom stereocenters. The van der Waals surface area contributed by atoms with Crippen molar-refractivity contribution >= 4 is 43.4 Å². The van der Waals surface area contributed by atoms with Gasteiger partial charge in [-0.3, -0.25) is 9.59 Å². The van der Waals surface area contributed by atoms with Gasteiger partial charge in [0.15, 0.2) is 0 Å². The molecule has 198 valence electrons. The van der Waals surface area contributed by atoms with Crippen LogP contribution in [-0.2, 0) is 26.0 Å². The van der Waals surface area contributed by atoms with Gasteiger partial charge in [0, 0.05) is 13.1 Å². The van der Waals surface area contributed by atoms with Crippen molar-refractivity contribution in [2.75, 3.05) is 13.1 Å². The van der Waals surface area contributed by atoms with Crippen molar-refractivity contribution in [3.05, 3.63) is 59.6 Å². The Bertz CT molecular complexity index is 1370. The molecule has 2 amide bonds. The summed E-state index contributed by atoms with van der Waals surface area (Å²) in [6.45, 7) is 3.74. The standard InChI is InChI=1S/C26H32N4O5S2/c1-17(2)14-30(37(34,35)19-8-9-20-23(13-19)36-16-28-20)15-22(31)21(12-18-6-4-3-5-7-18)29-25(33)26(10-11-26)24(27)32/h3-9,13,16-17,21-22,31H,10-12,14-15H2,1-2H3,(H2,27,32)(H,29,33)/t21-,22+/m0/s1. The van der Waals surface area contributed by atoms with Crippen LogP contribution in [0.25, 0.3) is 10.2 Å². The van der Waals surface area contributed by atoms with Gasteiger partial charge in [-0.05, 0) is 48.9 Å². The highest BCUT2D eigenvalue weighted by atomic mass is 32.2. The van der Waals surface area contributed by atoms with E-state index in [0.29, 0.717) is 18.4 Å². The third-order valence-corrected chi connectivity index (χ3v) is 9.26. The largest absolute Gasteiger partial charge is 0.390 e. The highest BCUT2D eigenvalue weighted by molar-refractivity contribution is 7.89. The predicted molar refractivity (Wildman–Crippen MR) is 142 cm³/mol. The highest BCUT2D eigenvalue weighted by Gasteiger charge is 2.56. The average Bonchev–Trinajstić information content (AvgIpc) is 3.55. The fourth-order valence-electron chi connectivity index (χ4n) is 4.33. The Labute approximate surface area is 220 Å². The molecular weight excluding hydrogens is 512 g/mol. The van der Waals surface area contributed by atoms with E-state index >= 15 is 0 Å². The molecule has 1 aliphatic rings. The summed E-state index contributed by atoms with van der Waals surface area (Å²) in [6.07, 6.45) is -0.272. The molecule has 4 rings (SSSR count). The number of amides is 2. The molecule has 1 fully saturated rings. The lowest BCUT2D eigenvalue weighted by atomic mass is 9.98. The number of hydrogen-bond acceptors (Lipinski definition) is 7. The minimum atomic E-state index is -3.96. The number of nitrogens with zero attached hydrogens (tertiary/aromatic N) is 2. The summed E-state index contributed by atoms with van der Waals surface area (Å²) < 4.78 is 29.4. The maximum atomic E-state index is 13.7.